The highest BCUT2D eigenvalue weighted by molar-refractivity contribution is 7.80. The Kier molecular flexibility index (Phi) is 4.16. The summed E-state index contributed by atoms with van der Waals surface area (Å²) >= 11 is 4.28. The van der Waals surface area contributed by atoms with Gasteiger partial charge < -0.3 is 0 Å². The van der Waals surface area contributed by atoms with Gasteiger partial charge in [-0.05, 0) is 34.2 Å². The average molecular weight is 268 g/mol. The maximum atomic E-state index is 4.28. The molecule has 0 heterocycles. The first-order chi connectivity index (χ1) is 8.95. The lowest BCUT2D eigenvalue weighted by Crippen LogP contribution is -2.10. The number of benzene rings is 2. The molecule has 0 nitrogen and oxygen atoms in total. The van der Waals surface area contributed by atoms with Crippen LogP contribution >= 0.6 is 12.6 Å². The lowest BCUT2D eigenvalue weighted by Gasteiger charge is -2.18. The van der Waals surface area contributed by atoms with Crippen LogP contribution in [0.3, 0.4) is 0 Å². The fourth-order valence-corrected chi connectivity index (χ4v) is 2.02. The van der Waals surface area contributed by atoms with Gasteiger partial charge in [-0.15, -0.1) is 12.6 Å². The molecule has 2 rings (SSSR count). The van der Waals surface area contributed by atoms with Crippen molar-refractivity contribution < 1.29 is 0 Å². The largest absolute Gasteiger partial charge is 0.143 e. The molecule has 0 saturated heterocycles. The highest BCUT2D eigenvalue weighted by Gasteiger charge is 2.12. The Balaban J connectivity index is 2.13. The molecular formula is C18H20S. The van der Waals surface area contributed by atoms with Crippen molar-refractivity contribution >= 4 is 24.8 Å². The zero-order valence-electron chi connectivity index (χ0n) is 11.7. The molecule has 0 saturated carbocycles. The van der Waals surface area contributed by atoms with E-state index in [1.807, 2.05) is 12.1 Å². The molecule has 0 amide bonds. The van der Waals surface area contributed by atoms with Crippen molar-refractivity contribution in [2.75, 3.05) is 0 Å². The molecule has 0 unspecified atom stereocenters. The predicted molar refractivity (Wildman–Crippen MR) is 87.8 cm³/mol. The van der Waals surface area contributed by atoms with E-state index >= 15 is 0 Å². The Morgan fingerprint density at radius 2 is 1.16 bits per heavy atom. The van der Waals surface area contributed by atoms with Gasteiger partial charge in [-0.1, -0.05) is 69.3 Å². The first-order valence-electron chi connectivity index (χ1n) is 6.53. The molecule has 0 N–H and O–H groups in total. The van der Waals surface area contributed by atoms with Gasteiger partial charge in [0.15, 0.2) is 0 Å². The van der Waals surface area contributed by atoms with Crippen molar-refractivity contribution in [3.05, 3.63) is 65.2 Å². The van der Waals surface area contributed by atoms with Crippen LogP contribution in [0.2, 0.25) is 0 Å². The summed E-state index contributed by atoms with van der Waals surface area (Å²) in [5, 5.41) is 0. The summed E-state index contributed by atoms with van der Waals surface area (Å²) in [4.78, 5) is 0.992. The van der Waals surface area contributed by atoms with Crippen LogP contribution in [-0.4, -0.2) is 0 Å². The molecule has 19 heavy (non-hydrogen) atoms. The maximum absolute atomic E-state index is 4.28. The molecule has 0 aromatic heterocycles. The lowest BCUT2D eigenvalue weighted by atomic mass is 9.87. The third-order valence-corrected chi connectivity index (χ3v) is 3.44. The van der Waals surface area contributed by atoms with Crippen molar-refractivity contribution in [1.82, 2.24) is 0 Å². The van der Waals surface area contributed by atoms with Crippen LogP contribution < -0.4 is 0 Å². The van der Waals surface area contributed by atoms with Crippen LogP contribution in [0.1, 0.15) is 37.5 Å². The fourth-order valence-electron chi connectivity index (χ4n) is 1.87. The fraction of sp³-hybridized carbons (Fsp3) is 0.222. The van der Waals surface area contributed by atoms with Crippen molar-refractivity contribution in [2.45, 2.75) is 31.1 Å². The number of thiol groups is 1. The van der Waals surface area contributed by atoms with Crippen molar-refractivity contribution in [1.29, 1.82) is 0 Å². The summed E-state index contributed by atoms with van der Waals surface area (Å²) in [5.41, 5.74) is 4.00. The van der Waals surface area contributed by atoms with Crippen molar-refractivity contribution in [3.63, 3.8) is 0 Å². The van der Waals surface area contributed by atoms with E-state index in [-0.39, 0.29) is 5.41 Å². The number of rotatable bonds is 2. The monoisotopic (exact) mass is 268 g/mol. The second-order valence-corrected chi connectivity index (χ2v) is 6.31. The van der Waals surface area contributed by atoms with Crippen LogP contribution in [0.5, 0.6) is 0 Å². The van der Waals surface area contributed by atoms with Crippen LogP contribution in [0.4, 0.5) is 0 Å². The normalized spacial score (nSPS) is 12.0. The van der Waals surface area contributed by atoms with E-state index < -0.39 is 0 Å². The predicted octanol–water partition coefficient (Wildman–Crippen LogP) is 5.44. The second-order valence-electron chi connectivity index (χ2n) is 5.80. The average Bonchev–Trinajstić information content (AvgIpc) is 2.37. The maximum Gasteiger partial charge on any atom is 0.00403 e. The summed E-state index contributed by atoms with van der Waals surface area (Å²) in [6.07, 6.45) is 4.26. The summed E-state index contributed by atoms with van der Waals surface area (Å²) < 4.78 is 0. The Morgan fingerprint density at radius 3 is 1.58 bits per heavy atom. The molecule has 0 radical (unpaired) electrons. The van der Waals surface area contributed by atoms with E-state index in [9.17, 15) is 0 Å². The second kappa shape index (κ2) is 5.66. The standard InChI is InChI=1S/C18H20S/c1-18(2,3)16-10-6-14(7-11-16)4-5-15-8-12-17(19)13-9-15/h4-13,19H,1-3H3/b5-4+. The van der Waals surface area contributed by atoms with Gasteiger partial charge in [0.05, 0.1) is 0 Å². The van der Waals surface area contributed by atoms with E-state index in [4.69, 9.17) is 0 Å². The quantitative estimate of drug-likeness (QED) is 0.544. The molecule has 0 aliphatic rings. The molecule has 98 valence electrons. The Morgan fingerprint density at radius 1 is 0.737 bits per heavy atom. The number of hydrogen-bond donors (Lipinski definition) is 1. The summed E-state index contributed by atoms with van der Waals surface area (Å²) in [5.74, 6) is 0. The van der Waals surface area contributed by atoms with E-state index in [0.29, 0.717) is 0 Å². The smallest absolute Gasteiger partial charge is 0.00403 e. The summed E-state index contributed by atoms with van der Waals surface area (Å²) in [7, 11) is 0. The molecule has 0 spiro atoms. The van der Waals surface area contributed by atoms with E-state index in [1.165, 1.54) is 16.7 Å². The topological polar surface area (TPSA) is 0 Å². The van der Waals surface area contributed by atoms with Gasteiger partial charge in [0.2, 0.25) is 0 Å². The van der Waals surface area contributed by atoms with Crippen LogP contribution in [0.25, 0.3) is 12.2 Å². The molecule has 0 bridgehead atoms. The number of hydrogen-bond acceptors (Lipinski definition) is 1. The third kappa shape index (κ3) is 4.00. The highest BCUT2D eigenvalue weighted by atomic mass is 32.1. The van der Waals surface area contributed by atoms with Crippen LogP contribution in [-0.2, 0) is 5.41 Å². The van der Waals surface area contributed by atoms with Gasteiger partial charge in [0.1, 0.15) is 0 Å². The molecule has 0 atom stereocenters. The minimum absolute atomic E-state index is 0.213. The van der Waals surface area contributed by atoms with E-state index in [1.54, 1.807) is 0 Å². The van der Waals surface area contributed by atoms with Gasteiger partial charge in [0, 0.05) is 4.90 Å². The molecule has 2 aromatic carbocycles. The first kappa shape index (κ1) is 14.0. The summed E-state index contributed by atoms with van der Waals surface area (Å²) in [6.45, 7) is 6.70. The minimum Gasteiger partial charge on any atom is -0.143 e. The Hall–Kier alpha value is -1.47. The van der Waals surface area contributed by atoms with Crippen LogP contribution in [0, 0.1) is 0 Å². The molecule has 2 aromatic rings. The highest BCUT2D eigenvalue weighted by Crippen LogP contribution is 2.22. The van der Waals surface area contributed by atoms with Gasteiger partial charge >= 0.3 is 0 Å². The SMILES string of the molecule is CC(C)(C)c1ccc(/C=C/c2ccc(S)cc2)cc1. The molecule has 0 aliphatic heterocycles. The first-order valence-corrected chi connectivity index (χ1v) is 6.97. The zero-order valence-corrected chi connectivity index (χ0v) is 12.6. The van der Waals surface area contributed by atoms with E-state index in [0.717, 1.165) is 4.90 Å². The van der Waals surface area contributed by atoms with Gasteiger partial charge in [-0.2, -0.15) is 0 Å². The van der Waals surface area contributed by atoms with Gasteiger partial charge in [-0.25, -0.2) is 0 Å². The minimum atomic E-state index is 0.213. The molecule has 0 fully saturated rings. The van der Waals surface area contributed by atoms with Gasteiger partial charge in [0.25, 0.3) is 0 Å². The molecule has 0 aliphatic carbocycles. The third-order valence-electron chi connectivity index (χ3n) is 3.14. The van der Waals surface area contributed by atoms with Crippen LogP contribution in [0.15, 0.2) is 53.4 Å². The summed E-state index contributed by atoms with van der Waals surface area (Å²) in [6, 6.07) is 16.9. The van der Waals surface area contributed by atoms with Gasteiger partial charge in [-0.3, -0.25) is 0 Å². The lowest BCUT2D eigenvalue weighted by molar-refractivity contribution is 0.590. The van der Waals surface area contributed by atoms with Crippen molar-refractivity contribution in [3.8, 4) is 0 Å². The zero-order chi connectivity index (χ0) is 13.9. The Labute approximate surface area is 121 Å². The molecule has 1 heteroatoms. The molecular weight excluding hydrogens is 248 g/mol. The Bertz CT molecular complexity index is 554. The van der Waals surface area contributed by atoms with Crippen molar-refractivity contribution in [2.24, 2.45) is 0 Å². The van der Waals surface area contributed by atoms with E-state index in [2.05, 4.69) is 82.0 Å².